The fourth-order valence-corrected chi connectivity index (χ4v) is 3.58. The average molecular weight is 429 g/mol. The van der Waals surface area contributed by atoms with Gasteiger partial charge >= 0.3 is 6.01 Å². The number of rotatable bonds is 9. The van der Waals surface area contributed by atoms with Crippen LogP contribution in [0.4, 0.5) is 5.69 Å². The summed E-state index contributed by atoms with van der Waals surface area (Å²) in [5.74, 6) is 0.741. The summed E-state index contributed by atoms with van der Waals surface area (Å²) in [7, 11) is 0. The van der Waals surface area contributed by atoms with Crippen molar-refractivity contribution in [3.8, 4) is 23.1 Å². The molecular weight excluding hydrogens is 400 g/mol. The number of hydrogen-bond donors (Lipinski definition) is 2. The predicted octanol–water partition coefficient (Wildman–Crippen LogP) is 4.66. The van der Waals surface area contributed by atoms with Crippen LogP contribution >= 0.6 is 0 Å². The lowest BCUT2D eigenvalue weighted by molar-refractivity contribution is 0.188. The Hall–Kier alpha value is -3.64. The summed E-state index contributed by atoms with van der Waals surface area (Å²) in [5.41, 5.74) is 5.07. The highest BCUT2D eigenvalue weighted by Crippen LogP contribution is 2.26. The van der Waals surface area contributed by atoms with Crippen molar-refractivity contribution in [1.29, 1.82) is 0 Å². The quantitative estimate of drug-likeness (QED) is 0.406. The third kappa shape index (κ3) is 5.15. The van der Waals surface area contributed by atoms with Crippen LogP contribution in [0, 0.1) is 6.92 Å². The van der Waals surface area contributed by atoms with Crippen LogP contribution in [-0.2, 0) is 6.42 Å². The molecule has 6 nitrogen and oxygen atoms in total. The van der Waals surface area contributed by atoms with Gasteiger partial charge in [0.1, 0.15) is 0 Å². The van der Waals surface area contributed by atoms with Crippen molar-refractivity contribution in [2.24, 2.45) is 0 Å². The molecule has 0 fully saturated rings. The summed E-state index contributed by atoms with van der Waals surface area (Å²) in [6, 6.07) is 26.4. The van der Waals surface area contributed by atoms with Crippen LogP contribution in [0.15, 0.2) is 78.9 Å². The first kappa shape index (κ1) is 21.6. The lowest BCUT2D eigenvalue weighted by Crippen LogP contribution is -2.21. The smallest absolute Gasteiger partial charge is 0.336 e. The Morgan fingerprint density at radius 1 is 0.969 bits per heavy atom. The number of aryl methyl sites for hydroxylation is 1. The standard InChI is InChI=1S/C26H28N4O2/c1-3-32-26-28-25(24-12-8-7-9-19(24)2)30(29-26)22-15-13-21(14-16-22)27-18-23(31)17-20-10-5-4-6-11-20/h4-16,23,27,31H,3,17-18H2,1-2H3. The number of ether oxygens (including phenoxy) is 1. The summed E-state index contributed by atoms with van der Waals surface area (Å²) in [4.78, 5) is 4.61. The molecule has 0 spiro atoms. The summed E-state index contributed by atoms with van der Waals surface area (Å²) in [6.45, 7) is 4.95. The third-order valence-corrected chi connectivity index (χ3v) is 5.21. The van der Waals surface area contributed by atoms with E-state index in [2.05, 4.69) is 28.4 Å². The Morgan fingerprint density at radius 2 is 1.69 bits per heavy atom. The molecule has 1 atom stereocenters. The molecule has 1 aromatic heterocycles. The molecule has 32 heavy (non-hydrogen) atoms. The third-order valence-electron chi connectivity index (χ3n) is 5.21. The normalized spacial score (nSPS) is 11.8. The van der Waals surface area contributed by atoms with Gasteiger partial charge in [-0.2, -0.15) is 4.98 Å². The van der Waals surface area contributed by atoms with E-state index in [0.717, 1.165) is 33.9 Å². The second-order valence-corrected chi connectivity index (χ2v) is 7.65. The van der Waals surface area contributed by atoms with E-state index in [1.807, 2.05) is 79.7 Å². The van der Waals surface area contributed by atoms with Gasteiger partial charge < -0.3 is 15.2 Å². The number of nitrogens with zero attached hydrogens (tertiary/aromatic N) is 3. The van der Waals surface area contributed by atoms with E-state index < -0.39 is 6.10 Å². The monoisotopic (exact) mass is 428 g/mol. The minimum absolute atomic E-state index is 0.358. The van der Waals surface area contributed by atoms with Gasteiger partial charge in [-0.3, -0.25) is 0 Å². The first-order valence-corrected chi connectivity index (χ1v) is 10.9. The highest BCUT2D eigenvalue weighted by atomic mass is 16.5. The molecule has 0 saturated carbocycles. The number of nitrogens with one attached hydrogen (secondary N) is 1. The van der Waals surface area contributed by atoms with Crippen LogP contribution in [0.3, 0.4) is 0 Å². The summed E-state index contributed by atoms with van der Waals surface area (Å²) in [6.07, 6.45) is 0.152. The zero-order valence-corrected chi connectivity index (χ0v) is 18.4. The zero-order chi connectivity index (χ0) is 22.3. The fourth-order valence-electron chi connectivity index (χ4n) is 3.58. The molecule has 164 valence electrons. The Bertz CT molecular complexity index is 1140. The van der Waals surface area contributed by atoms with Gasteiger partial charge in [-0.25, -0.2) is 4.68 Å². The van der Waals surface area contributed by atoms with Crippen LogP contribution in [0.1, 0.15) is 18.1 Å². The van der Waals surface area contributed by atoms with Crippen LogP contribution in [0.25, 0.3) is 17.1 Å². The Labute approximate surface area is 188 Å². The van der Waals surface area contributed by atoms with E-state index in [4.69, 9.17) is 4.74 Å². The van der Waals surface area contributed by atoms with Crippen LogP contribution in [0.2, 0.25) is 0 Å². The molecule has 6 heteroatoms. The molecule has 4 rings (SSSR count). The topological polar surface area (TPSA) is 72.2 Å². The maximum Gasteiger partial charge on any atom is 0.336 e. The first-order chi connectivity index (χ1) is 15.6. The maximum absolute atomic E-state index is 10.3. The highest BCUT2D eigenvalue weighted by Gasteiger charge is 2.16. The molecule has 0 aliphatic heterocycles. The molecular formula is C26H28N4O2. The maximum atomic E-state index is 10.3. The minimum atomic E-state index is -0.464. The zero-order valence-electron chi connectivity index (χ0n) is 18.4. The van der Waals surface area contributed by atoms with Crippen LogP contribution in [-0.4, -0.2) is 39.1 Å². The van der Waals surface area contributed by atoms with Crippen LogP contribution in [0.5, 0.6) is 6.01 Å². The van der Waals surface area contributed by atoms with E-state index >= 15 is 0 Å². The van der Waals surface area contributed by atoms with E-state index in [1.54, 1.807) is 4.68 Å². The van der Waals surface area contributed by atoms with Crippen molar-refractivity contribution >= 4 is 5.69 Å². The number of aliphatic hydroxyl groups excluding tert-OH is 1. The molecule has 1 heterocycles. The number of anilines is 1. The molecule has 4 aromatic rings. The molecule has 0 aliphatic carbocycles. The van der Waals surface area contributed by atoms with Gasteiger partial charge in [-0.1, -0.05) is 54.6 Å². The Balaban J connectivity index is 1.49. The second-order valence-electron chi connectivity index (χ2n) is 7.65. The van der Waals surface area contributed by atoms with E-state index in [0.29, 0.717) is 25.6 Å². The van der Waals surface area contributed by atoms with Crippen molar-refractivity contribution in [3.05, 3.63) is 90.0 Å². The molecule has 0 saturated heterocycles. The Morgan fingerprint density at radius 3 is 2.41 bits per heavy atom. The molecule has 0 radical (unpaired) electrons. The van der Waals surface area contributed by atoms with Crippen molar-refractivity contribution < 1.29 is 9.84 Å². The first-order valence-electron chi connectivity index (χ1n) is 10.9. The lowest BCUT2D eigenvalue weighted by Gasteiger charge is -2.14. The lowest BCUT2D eigenvalue weighted by atomic mass is 10.1. The van der Waals surface area contributed by atoms with E-state index in [-0.39, 0.29) is 0 Å². The van der Waals surface area contributed by atoms with Gasteiger partial charge in [-0.15, -0.1) is 5.10 Å². The SMILES string of the molecule is CCOc1nc(-c2ccccc2C)n(-c2ccc(NCC(O)Cc3ccccc3)cc2)n1. The van der Waals surface area contributed by atoms with Crippen molar-refractivity contribution in [3.63, 3.8) is 0 Å². The van der Waals surface area contributed by atoms with E-state index in [1.165, 1.54) is 0 Å². The van der Waals surface area contributed by atoms with Crippen molar-refractivity contribution in [2.75, 3.05) is 18.5 Å². The number of aromatic nitrogens is 3. The fraction of sp³-hybridized carbons (Fsp3) is 0.231. The van der Waals surface area contributed by atoms with Gasteiger partial charge in [0.05, 0.1) is 18.4 Å². The van der Waals surface area contributed by atoms with Crippen molar-refractivity contribution in [1.82, 2.24) is 14.8 Å². The average Bonchev–Trinajstić information content (AvgIpc) is 3.23. The summed E-state index contributed by atoms with van der Waals surface area (Å²) in [5, 5.41) is 18.2. The van der Waals surface area contributed by atoms with Gasteiger partial charge in [0.25, 0.3) is 0 Å². The molecule has 0 aliphatic rings. The Kier molecular flexibility index (Phi) is 6.82. The number of hydrogen-bond acceptors (Lipinski definition) is 5. The van der Waals surface area contributed by atoms with E-state index in [9.17, 15) is 5.11 Å². The largest absolute Gasteiger partial charge is 0.463 e. The molecule has 3 aromatic carbocycles. The van der Waals surface area contributed by atoms with Crippen molar-refractivity contribution in [2.45, 2.75) is 26.4 Å². The molecule has 2 N–H and O–H groups in total. The second kappa shape index (κ2) is 10.1. The number of benzene rings is 3. The predicted molar refractivity (Wildman–Crippen MR) is 127 cm³/mol. The molecule has 0 amide bonds. The van der Waals surface area contributed by atoms with Gasteiger partial charge in [-0.05, 0) is 49.2 Å². The minimum Gasteiger partial charge on any atom is -0.463 e. The van der Waals surface area contributed by atoms with Gasteiger partial charge in [0.2, 0.25) is 0 Å². The highest BCUT2D eigenvalue weighted by molar-refractivity contribution is 5.63. The molecule has 0 bridgehead atoms. The summed E-state index contributed by atoms with van der Waals surface area (Å²) >= 11 is 0. The van der Waals surface area contributed by atoms with Crippen LogP contribution < -0.4 is 10.1 Å². The summed E-state index contributed by atoms with van der Waals surface area (Å²) < 4.78 is 7.37. The van der Waals surface area contributed by atoms with Gasteiger partial charge in [0.15, 0.2) is 5.82 Å². The number of aliphatic hydroxyl groups is 1. The van der Waals surface area contributed by atoms with Gasteiger partial charge in [0, 0.05) is 24.2 Å². The molecule has 1 unspecified atom stereocenters.